The lowest BCUT2D eigenvalue weighted by molar-refractivity contribution is -0.127. The Bertz CT molecular complexity index is 590. The Balaban J connectivity index is 2.26. The molecule has 0 unspecified atom stereocenters. The predicted molar refractivity (Wildman–Crippen MR) is 82.4 cm³/mol. The molecule has 0 aliphatic rings. The van der Waals surface area contributed by atoms with Gasteiger partial charge in [0.1, 0.15) is 5.01 Å². The van der Waals surface area contributed by atoms with Crippen LogP contribution in [-0.4, -0.2) is 29.9 Å². The molecule has 19 heavy (non-hydrogen) atoms. The quantitative estimate of drug-likeness (QED) is 0.857. The Morgan fingerprint density at radius 3 is 2.53 bits per heavy atom. The van der Waals surface area contributed by atoms with Crippen LogP contribution in [0.4, 0.5) is 0 Å². The standard InChI is InChI=1S/C14H15BrN2OS/c1-9-14(10-4-6-11(15)7-5-10)16-12(19-9)8-13(18)17(2)3/h4-7H,8H2,1-3H3. The summed E-state index contributed by atoms with van der Waals surface area (Å²) in [5.41, 5.74) is 2.06. The number of rotatable bonds is 3. The lowest BCUT2D eigenvalue weighted by Crippen LogP contribution is -2.23. The first-order valence-electron chi connectivity index (χ1n) is 5.90. The van der Waals surface area contributed by atoms with Gasteiger partial charge < -0.3 is 4.90 Å². The molecule has 0 aliphatic carbocycles. The molecule has 1 heterocycles. The summed E-state index contributed by atoms with van der Waals surface area (Å²) in [4.78, 5) is 19.0. The summed E-state index contributed by atoms with van der Waals surface area (Å²) in [5, 5.41) is 0.870. The number of carbonyl (C=O) groups is 1. The van der Waals surface area contributed by atoms with E-state index in [2.05, 4.69) is 20.9 Å². The third-order valence-electron chi connectivity index (χ3n) is 2.76. The first-order chi connectivity index (χ1) is 8.97. The van der Waals surface area contributed by atoms with E-state index in [1.807, 2.05) is 31.2 Å². The number of amides is 1. The van der Waals surface area contributed by atoms with E-state index in [0.29, 0.717) is 6.42 Å². The van der Waals surface area contributed by atoms with Crippen LogP contribution in [0.25, 0.3) is 11.3 Å². The Hall–Kier alpha value is -1.20. The monoisotopic (exact) mass is 338 g/mol. The van der Waals surface area contributed by atoms with Crippen LogP contribution in [-0.2, 0) is 11.2 Å². The maximum atomic E-state index is 11.7. The minimum absolute atomic E-state index is 0.0797. The van der Waals surface area contributed by atoms with E-state index in [9.17, 15) is 4.79 Å². The zero-order valence-corrected chi connectivity index (χ0v) is 13.5. The number of halogens is 1. The molecule has 100 valence electrons. The molecule has 0 saturated carbocycles. The Morgan fingerprint density at radius 1 is 1.32 bits per heavy atom. The van der Waals surface area contributed by atoms with Crippen LogP contribution in [0.2, 0.25) is 0 Å². The van der Waals surface area contributed by atoms with Crippen molar-refractivity contribution >= 4 is 33.2 Å². The summed E-state index contributed by atoms with van der Waals surface area (Å²) in [6, 6.07) is 8.06. The van der Waals surface area contributed by atoms with Gasteiger partial charge in [0.2, 0.25) is 5.91 Å². The van der Waals surface area contributed by atoms with Crippen LogP contribution < -0.4 is 0 Å². The van der Waals surface area contributed by atoms with Gasteiger partial charge in [0.05, 0.1) is 12.1 Å². The van der Waals surface area contributed by atoms with Crippen molar-refractivity contribution in [2.24, 2.45) is 0 Å². The molecular weight excluding hydrogens is 324 g/mol. The Morgan fingerprint density at radius 2 is 1.95 bits per heavy atom. The van der Waals surface area contributed by atoms with E-state index in [1.54, 1.807) is 30.3 Å². The van der Waals surface area contributed by atoms with Crippen molar-refractivity contribution in [2.45, 2.75) is 13.3 Å². The Labute approximate surface area is 125 Å². The minimum atomic E-state index is 0.0797. The van der Waals surface area contributed by atoms with E-state index in [-0.39, 0.29) is 5.91 Å². The highest BCUT2D eigenvalue weighted by Gasteiger charge is 2.13. The molecule has 1 amide bonds. The maximum absolute atomic E-state index is 11.7. The third kappa shape index (κ3) is 3.42. The second-order valence-electron chi connectivity index (χ2n) is 4.48. The van der Waals surface area contributed by atoms with Gasteiger partial charge in [0.15, 0.2) is 0 Å². The van der Waals surface area contributed by atoms with Crippen molar-refractivity contribution in [1.82, 2.24) is 9.88 Å². The lowest BCUT2D eigenvalue weighted by atomic mass is 10.1. The van der Waals surface area contributed by atoms with E-state index >= 15 is 0 Å². The van der Waals surface area contributed by atoms with Crippen molar-refractivity contribution in [2.75, 3.05) is 14.1 Å². The number of hydrogen-bond acceptors (Lipinski definition) is 3. The topological polar surface area (TPSA) is 33.2 Å². The van der Waals surface area contributed by atoms with E-state index in [0.717, 1.165) is 25.6 Å². The number of likely N-dealkylation sites (N-methyl/N-ethyl adjacent to an activating group) is 1. The van der Waals surface area contributed by atoms with Gasteiger partial charge in [0, 0.05) is 29.0 Å². The van der Waals surface area contributed by atoms with Crippen LogP contribution in [0.1, 0.15) is 9.88 Å². The molecule has 0 radical (unpaired) electrons. The average molecular weight is 339 g/mol. The lowest BCUT2D eigenvalue weighted by Gasteiger charge is -2.07. The fourth-order valence-electron chi connectivity index (χ4n) is 1.69. The van der Waals surface area contributed by atoms with Gasteiger partial charge >= 0.3 is 0 Å². The minimum Gasteiger partial charge on any atom is -0.348 e. The molecule has 2 rings (SSSR count). The molecule has 0 fully saturated rings. The third-order valence-corrected chi connectivity index (χ3v) is 4.26. The summed E-state index contributed by atoms with van der Waals surface area (Å²) in [7, 11) is 3.52. The molecule has 1 aromatic heterocycles. The van der Waals surface area contributed by atoms with Crippen molar-refractivity contribution < 1.29 is 4.79 Å². The maximum Gasteiger partial charge on any atom is 0.228 e. The zero-order valence-electron chi connectivity index (χ0n) is 11.1. The van der Waals surface area contributed by atoms with Crippen LogP contribution in [0.5, 0.6) is 0 Å². The van der Waals surface area contributed by atoms with Crippen molar-refractivity contribution in [1.29, 1.82) is 0 Å². The normalized spacial score (nSPS) is 10.5. The van der Waals surface area contributed by atoms with Gasteiger partial charge in [-0.2, -0.15) is 0 Å². The van der Waals surface area contributed by atoms with Gasteiger partial charge in [-0.15, -0.1) is 11.3 Å². The predicted octanol–water partition coefficient (Wildman–Crippen LogP) is 3.51. The second-order valence-corrected chi connectivity index (χ2v) is 6.69. The van der Waals surface area contributed by atoms with Gasteiger partial charge in [-0.1, -0.05) is 28.1 Å². The highest BCUT2D eigenvalue weighted by molar-refractivity contribution is 9.10. The van der Waals surface area contributed by atoms with Crippen molar-refractivity contribution in [3.8, 4) is 11.3 Å². The largest absolute Gasteiger partial charge is 0.348 e. The summed E-state index contributed by atoms with van der Waals surface area (Å²) in [6.45, 7) is 2.04. The van der Waals surface area contributed by atoms with Crippen LogP contribution in [0, 0.1) is 6.92 Å². The molecule has 0 N–H and O–H groups in total. The SMILES string of the molecule is Cc1sc(CC(=O)N(C)C)nc1-c1ccc(Br)cc1. The molecule has 0 atom stereocenters. The Kier molecular flexibility index (Phi) is 4.37. The molecule has 3 nitrogen and oxygen atoms in total. The van der Waals surface area contributed by atoms with Crippen molar-refractivity contribution in [3.05, 3.63) is 38.6 Å². The molecule has 1 aromatic carbocycles. The molecule has 0 aliphatic heterocycles. The van der Waals surface area contributed by atoms with Gasteiger partial charge in [-0.05, 0) is 19.1 Å². The van der Waals surface area contributed by atoms with Crippen molar-refractivity contribution in [3.63, 3.8) is 0 Å². The first-order valence-corrected chi connectivity index (χ1v) is 7.50. The van der Waals surface area contributed by atoms with Crippen LogP contribution >= 0.6 is 27.3 Å². The molecule has 2 aromatic rings. The van der Waals surface area contributed by atoms with E-state index < -0.39 is 0 Å². The molecular formula is C14H15BrN2OS. The molecule has 0 bridgehead atoms. The summed E-state index contributed by atoms with van der Waals surface area (Å²) in [5.74, 6) is 0.0797. The van der Waals surface area contributed by atoms with Crippen LogP contribution in [0.3, 0.4) is 0 Å². The molecule has 0 spiro atoms. The smallest absolute Gasteiger partial charge is 0.228 e. The fraction of sp³-hybridized carbons (Fsp3) is 0.286. The average Bonchev–Trinajstić information content (AvgIpc) is 2.71. The van der Waals surface area contributed by atoms with E-state index in [1.165, 1.54) is 0 Å². The number of aromatic nitrogens is 1. The molecule has 0 saturated heterocycles. The number of benzene rings is 1. The first kappa shape index (κ1) is 14.2. The summed E-state index contributed by atoms with van der Waals surface area (Å²) >= 11 is 5.01. The zero-order chi connectivity index (χ0) is 14.0. The number of aryl methyl sites for hydroxylation is 1. The fourth-order valence-corrected chi connectivity index (χ4v) is 2.90. The van der Waals surface area contributed by atoms with E-state index in [4.69, 9.17) is 0 Å². The highest BCUT2D eigenvalue weighted by Crippen LogP contribution is 2.28. The highest BCUT2D eigenvalue weighted by atomic mass is 79.9. The van der Waals surface area contributed by atoms with Gasteiger partial charge in [-0.3, -0.25) is 4.79 Å². The number of carbonyl (C=O) groups excluding carboxylic acids is 1. The number of nitrogens with zero attached hydrogens (tertiary/aromatic N) is 2. The van der Waals surface area contributed by atoms with Crippen LogP contribution in [0.15, 0.2) is 28.7 Å². The summed E-state index contributed by atoms with van der Waals surface area (Å²) < 4.78 is 1.05. The molecule has 5 heteroatoms. The number of hydrogen-bond donors (Lipinski definition) is 0. The summed E-state index contributed by atoms with van der Waals surface area (Å²) in [6.07, 6.45) is 0.370. The van der Waals surface area contributed by atoms with Gasteiger partial charge in [-0.25, -0.2) is 4.98 Å². The second kappa shape index (κ2) is 5.84. The van der Waals surface area contributed by atoms with Gasteiger partial charge in [0.25, 0.3) is 0 Å². The number of thiazole rings is 1.